The van der Waals surface area contributed by atoms with Crippen LogP contribution in [0.25, 0.3) is 0 Å². The number of nitrogens with zero attached hydrogens (tertiary/aromatic N) is 1. The molecule has 5 heteroatoms. The van der Waals surface area contributed by atoms with Gasteiger partial charge in [-0.25, -0.2) is 0 Å². The van der Waals surface area contributed by atoms with E-state index < -0.39 is 17.7 Å². The summed E-state index contributed by atoms with van der Waals surface area (Å²) in [6.07, 6.45) is 0.848. The zero-order valence-corrected chi connectivity index (χ0v) is 6.98. The summed E-state index contributed by atoms with van der Waals surface area (Å²) in [5.41, 5.74) is 0. The molecule has 0 aliphatic heterocycles. The summed E-state index contributed by atoms with van der Waals surface area (Å²) in [4.78, 5) is 21.7. The van der Waals surface area contributed by atoms with Gasteiger partial charge in [-0.05, 0) is 13.8 Å². The predicted molar refractivity (Wildman–Crippen MR) is 41.1 cm³/mol. The number of ether oxygens (including phenoxy) is 1. The van der Waals surface area contributed by atoms with Gasteiger partial charge in [0.1, 0.15) is 5.78 Å². The second-order valence-corrected chi connectivity index (χ2v) is 2.10. The average molecular weight is 173 g/mol. The minimum atomic E-state index is -1.09. The maximum absolute atomic E-state index is 10.9. The molecule has 0 rings (SSSR count). The van der Waals surface area contributed by atoms with Crippen LogP contribution in [0.2, 0.25) is 0 Å². The monoisotopic (exact) mass is 173 g/mol. The van der Waals surface area contributed by atoms with Crippen molar-refractivity contribution < 1.29 is 19.5 Å². The van der Waals surface area contributed by atoms with Gasteiger partial charge >= 0.3 is 5.97 Å². The number of esters is 1. The van der Waals surface area contributed by atoms with E-state index >= 15 is 0 Å². The van der Waals surface area contributed by atoms with Crippen molar-refractivity contribution >= 4 is 18.0 Å². The molecule has 68 valence electrons. The second-order valence-electron chi connectivity index (χ2n) is 2.10. The zero-order valence-electron chi connectivity index (χ0n) is 6.98. The number of Topliss-reactive ketones (excluding diaryl/α,β-unsaturated/α-hetero) is 1. The van der Waals surface area contributed by atoms with Crippen LogP contribution in [0.4, 0.5) is 0 Å². The SMILES string of the molecule is CCOC(=O)C(/C=N\O)C(C)=O. The molecule has 0 fully saturated rings. The summed E-state index contributed by atoms with van der Waals surface area (Å²) < 4.78 is 4.56. The van der Waals surface area contributed by atoms with Crippen molar-refractivity contribution in [1.29, 1.82) is 0 Å². The molecule has 5 nitrogen and oxygen atoms in total. The molecule has 0 heterocycles. The van der Waals surface area contributed by atoms with Gasteiger partial charge in [-0.3, -0.25) is 9.59 Å². The molecule has 12 heavy (non-hydrogen) atoms. The number of carbonyl (C=O) groups is 2. The Bertz CT molecular complexity index is 200. The first-order valence-electron chi connectivity index (χ1n) is 3.48. The molecular formula is C7H11NO4. The van der Waals surface area contributed by atoms with Crippen LogP contribution in [0.1, 0.15) is 13.8 Å². The van der Waals surface area contributed by atoms with Crippen molar-refractivity contribution in [2.24, 2.45) is 11.1 Å². The van der Waals surface area contributed by atoms with Gasteiger partial charge in [0.05, 0.1) is 12.8 Å². The molecule has 0 aromatic heterocycles. The number of hydrogen-bond acceptors (Lipinski definition) is 5. The lowest BCUT2D eigenvalue weighted by Crippen LogP contribution is -2.25. The van der Waals surface area contributed by atoms with E-state index in [1.165, 1.54) is 6.92 Å². The third-order valence-corrected chi connectivity index (χ3v) is 1.19. The summed E-state index contributed by atoms with van der Waals surface area (Å²) in [6, 6.07) is 0. The minimum Gasteiger partial charge on any atom is -0.465 e. The molecule has 0 amide bonds. The average Bonchev–Trinajstić information content (AvgIpc) is 1.99. The molecule has 0 saturated carbocycles. The van der Waals surface area contributed by atoms with E-state index in [0.717, 1.165) is 6.21 Å². The maximum atomic E-state index is 10.9. The van der Waals surface area contributed by atoms with Crippen LogP contribution in [-0.4, -0.2) is 29.8 Å². The van der Waals surface area contributed by atoms with E-state index in [-0.39, 0.29) is 6.61 Å². The number of ketones is 1. The number of oxime groups is 1. The summed E-state index contributed by atoms with van der Waals surface area (Å²) in [7, 11) is 0. The first kappa shape index (κ1) is 10.6. The van der Waals surface area contributed by atoms with Gasteiger partial charge in [0, 0.05) is 0 Å². The second kappa shape index (κ2) is 5.29. The van der Waals surface area contributed by atoms with Crippen molar-refractivity contribution in [2.75, 3.05) is 6.61 Å². The molecule has 0 aliphatic rings. The third kappa shape index (κ3) is 3.14. The lowest BCUT2D eigenvalue weighted by Gasteiger charge is -2.05. The number of carbonyl (C=O) groups excluding carboxylic acids is 2. The predicted octanol–water partition coefficient (Wildman–Crippen LogP) is 0.215. The molecule has 0 aromatic carbocycles. The molecule has 1 N–H and O–H groups in total. The maximum Gasteiger partial charge on any atom is 0.322 e. The Morgan fingerprint density at radius 1 is 1.67 bits per heavy atom. The molecule has 1 atom stereocenters. The molecule has 0 aliphatic carbocycles. The lowest BCUT2D eigenvalue weighted by atomic mass is 10.1. The Morgan fingerprint density at radius 3 is 2.58 bits per heavy atom. The van der Waals surface area contributed by atoms with Gasteiger partial charge in [-0.15, -0.1) is 5.16 Å². The summed E-state index contributed by atoms with van der Waals surface area (Å²) >= 11 is 0. The minimum absolute atomic E-state index is 0.196. The number of rotatable bonds is 4. The highest BCUT2D eigenvalue weighted by Crippen LogP contribution is 1.98. The largest absolute Gasteiger partial charge is 0.465 e. The topological polar surface area (TPSA) is 76.0 Å². The van der Waals surface area contributed by atoms with E-state index in [4.69, 9.17) is 5.21 Å². The van der Waals surface area contributed by atoms with Crippen molar-refractivity contribution in [2.45, 2.75) is 13.8 Å². The molecule has 1 unspecified atom stereocenters. The van der Waals surface area contributed by atoms with Crippen molar-refractivity contribution in [3.05, 3.63) is 0 Å². The Labute approximate surface area is 70.0 Å². The fourth-order valence-electron chi connectivity index (χ4n) is 0.630. The highest BCUT2D eigenvalue weighted by Gasteiger charge is 2.22. The van der Waals surface area contributed by atoms with Gasteiger partial charge in [0.25, 0.3) is 0 Å². The summed E-state index contributed by atoms with van der Waals surface area (Å²) in [5.74, 6) is -2.19. The molecule has 0 aromatic rings. The van der Waals surface area contributed by atoms with Gasteiger partial charge in [0.2, 0.25) is 0 Å². The van der Waals surface area contributed by atoms with Crippen LogP contribution in [0.15, 0.2) is 5.16 Å². The van der Waals surface area contributed by atoms with Crippen LogP contribution >= 0.6 is 0 Å². The van der Waals surface area contributed by atoms with Crippen molar-refractivity contribution in [3.8, 4) is 0 Å². The first-order valence-corrected chi connectivity index (χ1v) is 3.48. The zero-order chi connectivity index (χ0) is 9.56. The molecule has 0 spiro atoms. The molecule has 0 radical (unpaired) electrons. The van der Waals surface area contributed by atoms with Crippen molar-refractivity contribution in [3.63, 3.8) is 0 Å². The van der Waals surface area contributed by atoms with Gasteiger partial charge < -0.3 is 9.94 Å². The smallest absolute Gasteiger partial charge is 0.322 e. The van der Waals surface area contributed by atoms with Gasteiger partial charge in [-0.2, -0.15) is 0 Å². The first-order chi connectivity index (χ1) is 5.63. The van der Waals surface area contributed by atoms with E-state index in [1.807, 2.05) is 0 Å². The molecule has 0 bridgehead atoms. The van der Waals surface area contributed by atoms with E-state index in [9.17, 15) is 9.59 Å². The van der Waals surface area contributed by atoms with E-state index in [1.54, 1.807) is 6.92 Å². The number of hydrogen-bond donors (Lipinski definition) is 1. The quantitative estimate of drug-likeness (QED) is 0.217. The van der Waals surface area contributed by atoms with Crippen LogP contribution in [0.3, 0.4) is 0 Å². The van der Waals surface area contributed by atoms with Gasteiger partial charge in [-0.1, -0.05) is 0 Å². The third-order valence-electron chi connectivity index (χ3n) is 1.19. The summed E-state index contributed by atoms with van der Waals surface area (Å²) in [6.45, 7) is 3.05. The fourth-order valence-corrected chi connectivity index (χ4v) is 0.630. The van der Waals surface area contributed by atoms with Crippen LogP contribution in [0, 0.1) is 5.92 Å². The van der Waals surface area contributed by atoms with E-state index in [0.29, 0.717) is 0 Å². The fraction of sp³-hybridized carbons (Fsp3) is 0.571. The van der Waals surface area contributed by atoms with Crippen LogP contribution < -0.4 is 0 Å². The van der Waals surface area contributed by atoms with E-state index in [2.05, 4.69) is 9.89 Å². The Balaban J connectivity index is 4.29. The Kier molecular flexibility index (Phi) is 4.67. The Morgan fingerprint density at radius 2 is 2.25 bits per heavy atom. The van der Waals surface area contributed by atoms with Crippen molar-refractivity contribution in [1.82, 2.24) is 0 Å². The van der Waals surface area contributed by atoms with Crippen LogP contribution in [0.5, 0.6) is 0 Å². The van der Waals surface area contributed by atoms with Gasteiger partial charge in [0.15, 0.2) is 5.92 Å². The molecular weight excluding hydrogens is 162 g/mol. The normalized spacial score (nSPS) is 12.8. The highest BCUT2D eigenvalue weighted by atomic mass is 16.5. The Hall–Kier alpha value is -1.39. The molecule has 0 saturated heterocycles. The lowest BCUT2D eigenvalue weighted by molar-refractivity contribution is -0.148. The highest BCUT2D eigenvalue weighted by molar-refractivity contribution is 6.10. The van der Waals surface area contributed by atoms with Crippen LogP contribution in [-0.2, 0) is 14.3 Å². The standard InChI is InChI=1S/C7H11NO4/c1-3-12-7(10)6(4-8-11)5(2)9/h4,6,11H,3H2,1-2H3/b8-4-. The summed E-state index contributed by atoms with van der Waals surface area (Å²) in [5, 5.41) is 10.7.